The fourth-order valence-corrected chi connectivity index (χ4v) is 2.76. The highest BCUT2D eigenvalue weighted by molar-refractivity contribution is 5.79. The van der Waals surface area contributed by atoms with Gasteiger partial charge in [-0.1, -0.05) is 12.8 Å². The molecule has 6 heteroatoms. The maximum atomic E-state index is 5.86. The predicted molar refractivity (Wildman–Crippen MR) is 96.2 cm³/mol. The van der Waals surface area contributed by atoms with Crippen molar-refractivity contribution >= 4 is 5.96 Å². The Morgan fingerprint density at radius 3 is 2.52 bits per heavy atom. The van der Waals surface area contributed by atoms with Crippen molar-refractivity contribution in [2.24, 2.45) is 4.99 Å². The van der Waals surface area contributed by atoms with Gasteiger partial charge in [0.25, 0.3) is 0 Å². The van der Waals surface area contributed by atoms with Crippen LogP contribution >= 0.6 is 0 Å². The van der Waals surface area contributed by atoms with Gasteiger partial charge in [-0.05, 0) is 32.7 Å². The molecule has 0 aliphatic heterocycles. The summed E-state index contributed by atoms with van der Waals surface area (Å²) < 4.78 is 10.9. The number of methoxy groups -OCH3 is 1. The Kier molecular flexibility index (Phi) is 11.9. The molecule has 0 aromatic carbocycles. The molecule has 0 radical (unpaired) electrons. The van der Waals surface area contributed by atoms with E-state index in [1.165, 1.54) is 25.7 Å². The lowest BCUT2D eigenvalue weighted by atomic mass is 10.3. The predicted octanol–water partition coefficient (Wildman–Crippen LogP) is 1.47. The van der Waals surface area contributed by atoms with E-state index in [9.17, 15) is 0 Å². The molecule has 23 heavy (non-hydrogen) atoms. The molecule has 0 saturated heterocycles. The molecule has 0 bridgehead atoms. The highest BCUT2D eigenvalue weighted by atomic mass is 16.5. The number of aliphatic imine (C=N–C) groups is 1. The SMILES string of the molecule is CN=C(NCCCOC1CCCC1)NCCN(C)CCCOC. The Hall–Kier alpha value is -0.850. The van der Waals surface area contributed by atoms with Crippen LogP contribution in [0.15, 0.2) is 4.99 Å². The molecule has 1 aliphatic rings. The molecule has 0 spiro atoms. The summed E-state index contributed by atoms with van der Waals surface area (Å²) in [5.41, 5.74) is 0. The first-order chi connectivity index (χ1) is 11.3. The van der Waals surface area contributed by atoms with Gasteiger partial charge in [0.05, 0.1) is 6.10 Å². The van der Waals surface area contributed by atoms with Crippen LogP contribution in [-0.4, -0.2) is 77.6 Å². The molecule has 0 amide bonds. The third kappa shape index (κ3) is 10.5. The van der Waals surface area contributed by atoms with E-state index in [0.717, 1.165) is 58.2 Å². The maximum absolute atomic E-state index is 5.86. The van der Waals surface area contributed by atoms with Crippen molar-refractivity contribution in [1.29, 1.82) is 0 Å². The van der Waals surface area contributed by atoms with Crippen LogP contribution < -0.4 is 10.6 Å². The molecule has 1 aliphatic carbocycles. The van der Waals surface area contributed by atoms with Gasteiger partial charge in [0.2, 0.25) is 0 Å². The van der Waals surface area contributed by atoms with Gasteiger partial charge in [-0.25, -0.2) is 0 Å². The minimum atomic E-state index is 0.515. The van der Waals surface area contributed by atoms with Crippen LogP contribution in [0.5, 0.6) is 0 Å². The number of likely N-dealkylation sites (N-methyl/N-ethyl adjacent to an activating group) is 1. The average Bonchev–Trinajstić information content (AvgIpc) is 3.06. The molecule has 0 aromatic rings. The first kappa shape index (κ1) is 20.2. The zero-order valence-corrected chi connectivity index (χ0v) is 15.3. The van der Waals surface area contributed by atoms with Gasteiger partial charge in [0, 0.05) is 53.6 Å². The molecule has 2 N–H and O–H groups in total. The number of ether oxygens (including phenoxy) is 2. The fraction of sp³-hybridized carbons (Fsp3) is 0.941. The third-order valence-electron chi connectivity index (χ3n) is 4.17. The number of nitrogens with one attached hydrogen (secondary N) is 2. The van der Waals surface area contributed by atoms with E-state index in [1.807, 2.05) is 7.05 Å². The lowest BCUT2D eigenvalue weighted by Gasteiger charge is -2.18. The highest BCUT2D eigenvalue weighted by Gasteiger charge is 2.14. The van der Waals surface area contributed by atoms with Crippen LogP contribution in [0, 0.1) is 0 Å². The van der Waals surface area contributed by atoms with Gasteiger partial charge in [0.15, 0.2) is 5.96 Å². The lowest BCUT2D eigenvalue weighted by Crippen LogP contribution is -2.41. The Morgan fingerprint density at radius 1 is 1.09 bits per heavy atom. The summed E-state index contributed by atoms with van der Waals surface area (Å²) in [5, 5.41) is 6.69. The Morgan fingerprint density at radius 2 is 1.83 bits per heavy atom. The molecule has 0 aromatic heterocycles. The highest BCUT2D eigenvalue weighted by Crippen LogP contribution is 2.20. The summed E-state index contributed by atoms with van der Waals surface area (Å²) in [6, 6.07) is 0. The van der Waals surface area contributed by atoms with E-state index in [2.05, 4.69) is 27.6 Å². The van der Waals surface area contributed by atoms with Gasteiger partial charge >= 0.3 is 0 Å². The molecule has 0 unspecified atom stereocenters. The van der Waals surface area contributed by atoms with Crippen molar-refractivity contribution in [1.82, 2.24) is 15.5 Å². The second-order valence-corrected chi connectivity index (χ2v) is 6.21. The molecule has 136 valence electrons. The first-order valence-corrected chi connectivity index (χ1v) is 9.00. The molecular weight excluding hydrogens is 292 g/mol. The number of rotatable bonds is 12. The van der Waals surface area contributed by atoms with Gasteiger partial charge in [0.1, 0.15) is 0 Å². The zero-order valence-electron chi connectivity index (χ0n) is 15.3. The quantitative estimate of drug-likeness (QED) is 0.323. The third-order valence-corrected chi connectivity index (χ3v) is 4.17. The Bertz CT molecular complexity index is 307. The van der Waals surface area contributed by atoms with Crippen LogP contribution in [-0.2, 0) is 9.47 Å². The topological polar surface area (TPSA) is 58.1 Å². The van der Waals surface area contributed by atoms with Crippen molar-refractivity contribution in [2.75, 3.05) is 60.6 Å². The van der Waals surface area contributed by atoms with Crippen LogP contribution in [0.4, 0.5) is 0 Å². The van der Waals surface area contributed by atoms with Gasteiger partial charge < -0.3 is 25.0 Å². The van der Waals surface area contributed by atoms with E-state index in [0.29, 0.717) is 6.10 Å². The van der Waals surface area contributed by atoms with E-state index < -0.39 is 0 Å². The Labute approximate surface area is 142 Å². The standard InChI is InChI=1S/C17H36N4O2/c1-18-17(20-11-13-21(2)12-7-14-22-3)19-10-6-15-23-16-8-4-5-9-16/h16H,4-15H2,1-3H3,(H2,18,19,20). The summed E-state index contributed by atoms with van der Waals surface area (Å²) in [5.74, 6) is 0.871. The van der Waals surface area contributed by atoms with E-state index in [1.54, 1.807) is 7.11 Å². The van der Waals surface area contributed by atoms with Crippen molar-refractivity contribution in [2.45, 2.75) is 44.6 Å². The molecule has 1 saturated carbocycles. The maximum Gasteiger partial charge on any atom is 0.191 e. The van der Waals surface area contributed by atoms with Crippen LogP contribution in [0.2, 0.25) is 0 Å². The smallest absolute Gasteiger partial charge is 0.191 e. The van der Waals surface area contributed by atoms with E-state index in [4.69, 9.17) is 9.47 Å². The van der Waals surface area contributed by atoms with E-state index in [-0.39, 0.29) is 0 Å². The van der Waals surface area contributed by atoms with Crippen LogP contribution in [0.1, 0.15) is 38.5 Å². The summed E-state index contributed by atoms with van der Waals surface area (Å²) in [6.07, 6.45) is 7.76. The average molecular weight is 329 g/mol. The van der Waals surface area contributed by atoms with Gasteiger partial charge in [-0.15, -0.1) is 0 Å². The molecule has 0 heterocycles. The number of hydrogen-bond donors (Lipinski definition) is 2. The number of guanidine groups is 1. The van der Waals surface area contributed by atoms with Crippen molar-refractivity contribution in [3.63, 3.8) is 0 Å². The van der Waals surface area contributed by atoms with Crippen molar-refractivity contribution in [3.8, 4) is 0 Å². The largest absolute Gasteiger partial charge is 0.385 e. The molecular formula is C17H36N4O2. The van der Waals surface area contributed by atoms with E-state index >= 15 is 0 Å². The molecule has 6 nitrogen and oxygen atoms in total. The summed E-state index contributed by atoms with van der Waals surface area (Å²) in [7, 11) is 5.69. The number of hydrogen-bond acceptors (Lipinski definition) is 4. The molecule has 0 atom stereocenters. The minimum Gasteiger partial charge on any atom is -0.385 e. The van der Waals surface area contributed by atoms with Crippen molar-refractivity contribution < 1.29 is 9.47 Å². The zero-order chi connectivity index (χ0) is 16.8. The number of nitrogens with zero attached hydrogens (tertiary/aromatic N) is 2. The van der Waals surface area contributed by atoms with Crippen molar-refractivity contribution in [3.05, 3.63) is 0 Å². The van der Waals surface area contributed by atoms with Crippen LogP contribution in [0.3, 0.4) is 0 Å². The molecule has 1 fully saturated rings. The second kappa shape index (κ2) is 13.6. The summed E-state index contributed by atoms with van der Waals surface area (Å²) >= 11 is 0. The van der Waals surface area contributed by atoms with Crippen LogP contribution in [0.25, 0.3) is 0 Å². The molecule has 1 rings (SSSR count). The second-order valence-electron chi connectivity index (χ2n) is 6.21. The first-order valence-electron chi connectivity index (χ1n) is 9.00. The minimum absolute atomic E-state index is 0.515. The van der Waals surface area contributed by atoms with Gasteiger partial charge in [-0.3, -0.25) is 4.99 Å². The summed E-state index contributed by atoms with van der Waals surface area (Å²) in [6.45, 7) is 5.51. The van der Waals surface area contributed by atoms with Gasteiger partial charge in [-0.2, -0.15) is 0 Å². The normalized spacial score (nSPS) is 16.3. The Balaban J connectivity index is 1.96. The lowest BCUT2D eigenvalue weighted by molar-refractivity contribution is 0.0574. The fourth-order valence-electron chi connectivity index (χ4n) is 2.76. The monoisotopic (exact) mass is 328 g/mol. The summed E-state index contributed by atoms with van der Waals surface area (Å²) in [4.78, 5) is 6.55.